The van der Waals surface area contributed by atoms with Gasteiger partial charge < -0.3 is 5.32 Å². The molecule has 1 N–H and O–H groups in total. The molecule has 1 heteroatoms. The molecule has 2 rings (SSSR count). The van der Waals surface area contributed by atoms with Crippen molar-refractivity contribution in [2.24, 2.45) is 5.92 Å². The average molecular weight is 175 g/mol. The Balaban J connectivity index is 1.92. The molecule has 1 fully saturated rings. The van der Waals surface area contributed by atoms with Crippen molar-refractivity contribution in [2.45, 2.75) is 32.2 Å². The summed E-state index contributed by atoms with van der Waals surface area (Å²) in [6.07, 6.45) is 4.05. The normalized spacial score (nSPS) is 26.5. The summed E-state index contributed by atoms with van der Waals surface area (Å²) in [7, 11) is 0. The monoisotopic (exact) mass is 175 g/mol. The molecule has 0 heterocycles. The van der Waals surface area contributed by atoms with Gasteiger partial charge in [0.1, 0.15) is 0 Å². The number of para-hydroxylation sites is 1. The Morgan fingerprint density at radius 3 is 2.54 bits per heavy atom. The highest BCUT2D eigenvalue weighted by molar-refractivity contribution is 5.44. The van der Waals surface area contributed by atoms with E-state index in [-0.39, 0.29) is 0 Å². The fourth-order valence-corrected chi connectivity index (χ4v) is 2.00. The van der Waals surface area contributed by atoms with Gasteiger partial charge in [-0.05, 0) is 30.9 Å². The van der Waals surface area contributed by atoms with Gasteiger partial charge in [0, 0.05) is 11.7 Å². The first-order valence-corrected chi connectivity index (χ1v) is 5.21. The number of anilines is 1. The van der Waals surface area contributed by atoms with Crippen LogP contribution in [0.4, 0.5) is 5.69 Å². The quantitative estimate of drug-likeness (QED) is 0.743. The molecule has 0 aromatic heterocycles. The molecule has 0 spiro atoms. The lowest BCUT2D eigenvalue weighted by Crippen LogP contribution is -2.37. The second-order valence-electron chi connectivity index (χ2n) is 3.86. The minimum Gasteiger partial charge on any atom is -0.382 e. The second kappa shape index (κ2) is 3.82. The Morgan fingerprint density at radius 2 is 2.00 bits per heavy atom. The highest BCUT2D eigenvalue weighted by atomic mass is 14.9. The fraction of sp³-hybridized carbons (Fsp3) is 0.500. The van der Waals surface area contributed by atoms with Crippen molar-refractivity contribution in [3.8, 4) is 0 Å². The molecule has 13 heavy (non-hydrogen) atoms. The lowest BCUT2D eigenvalue weighted by molar-refractivity contribution is 0.269. The summed E-state index contributed by atoms with van der Waals surface area (Å²) < 4.78 is 0. The molecule has 2 unspecified atom stereocenters. The van der Waals surface area contributed by atoms with Gasteiger partial charge in [0.05, 0.1) is 0 Å². The van der Waals surface area contributed by atoms with E-state index in [0.717, 1.165) is 12.0 Å². The van der Waals surface area contributed by atoms with Crippen LogP contribution in [0, 0.1) is 5.92 Å². The molecule has 1 aliphatic carbocycles. The van der Waals surface area contributed by atoms with Crippen LogP contribution in [0.2, 0.25) is 0 Å². The number of hydrogen-bond acceptors (Lipinski definition) is 1. The van der Waals surface area contributed by atoms with Gasteiger partial charge in [0.2, 0.25) is 0 Å². The first-order valence-electron chi connectivity index (χ1n) is 5.21. The van der Waals surface area contributed by atoms with E-state index < -0.39 is 0 Å². The first kappa shape index (κ1) is 8.61. The highest BCUT2D eigenvalue weighted by Gasteiger charge is 2.28. The van der Waals surface area contributed by atoms with Crippen LogP contribution < -0.4 is 5.32 Å². The third kappa shape index (κ3) is 1.85. The van der Waals surface area contributed by atoms with Crippen molar-refractivity contribution in [3.05, 3.63) is 30.3 Å². The molecule has 0 amide bonds. The Hall–Kier alpha value is -0.980. The summed E-state index contributed by atoms with van der Waals surface area (Å²) in [5.74, 6) is 0.903. The summed E-state index contributed by atoms with van der Waals surface area (Å²) in [5, 5.41) is 3.58. The largest absolute Gasteiger partial charge is 0.382 e. The van der Waals surface area contributed by atoms with Crippen LogP contribution in [0.15, 0.2) is 30.3 Å². The molecule has 0 bridgehead atoms. The van der Waals surface area contributed by atoms with Crippen LogP contribution in [-0.2, 0) is 0 Å². The van der Waals surface area contributed by atoms with Crippen molar-refractivity contribution in [3.63, 3.8) is 0 Å². The van der Waals surface area contributed by atoms with E-state index in [9.17, 15) is 0 Å². The Morgan fingerprint density at radius 1 is 1.23 bits per heavy atom. The molecule has 1 nitrogen and oxygen atoms in total. The summed E-state index contributed by atoms with van der Waals surface area (Å²) >= 11 is 0. The topological polar surface area (TPSA) is 12.0 Å². The lowest BCUT2D eigenvalue weighted by Gasteiger charge is -2.37. The summed E-state index contributed by atoms with van der Waals surface area (Å²) in [4.78, 5) is 0. The lowest BCUT2D eigenvalue weighted by atomic mass is 9.78. The number of hydrogen-bond donors (Lipinski definition) is 1. The maximum absolute atomic E-state index is 3.58. The third-order valence-corrected chi connectivity index (χ3v) is 3.07. The number of benzene rings is 1. The summed E-state index contributed by atoms with van der Waals surface area (Å²) in [6, 6.07) is 11.2. The zero-order valence-corrected chi connectivity index (χ0v) is 8.16. The van der Waals surface area contributed by atoms with E-state index in [0.29, 0.717) is 0 Å². The Bertz CT molecular complexity index is 253. The molecule has 70 valence electrons. The SMILES string of the molecule is CCC1CCC1Nc1ccccc1. The molecular weight excluding hydrogens is 158 g/mol. The summed E-state index contributed by atoms with van der Waals surface area (Å²) in [5.41, 5.74) is 1.27. The highest BCUT2D eigenvalue weighted by Crippen LogP contribution is 2.32. The van der Waals surface area contributed by atoms with E-state index in [1.807, 2.05) is 0 Å². The van der Waals surface area contributed by atoms with Crippen LogP contribution in [0.3, 0.4) is 0 Å². The fourth-order valence-electron chi connectivity index (χ4n) is 2.00. The summed E-state index contributed by atoms with van der Waals surface area (Å²) in [6.45, 7) is 2.28. The predicted molar refractivity (Wildman–Crippen MR) is 56.9 cm³/mol. The van der Waals surface area contributed by atoms with Crippen LogP contribution >= 0.6 is 0 Å². The molecule has 0 radical (unpaired) electrons. The van der Waals surface area contributed by atoms with Crippen molar-refractivity contribution in [1.29, 1.82) is 0 Å². The molecule has 1 aliphatic rings. The molecule has 0 saturated heterocycles. The first-order chi connectivity index (χ1) is 6.40. The third-order valence-electron chi connectivity index (χ3n) is 3.07. The molecule has 0 aliphatic heterocycles. The van der Waals surface area contributed by atoms with Gasteiger partial charge in [-0.2, -0.15) is 0 Å². The van der Waals surface area contributed by atoms with Crippen molar-refractivity contribution >= 4 is 5.69 Å². The number of nitrogens with one attached hydrogen (secondary N) is 1. The zero-order valence-electron chi connectivity index (χ0n) is 8.16. The van der Waals surface area contributed by atoms with E-state index in [4.69, 9.17) is 0 Å². The van der Waals surface area contributed by atoms with Crippen molar-refractivity contribution in [2.75, 3.05) is 5.32 Å². The van der Waals surface area contributed by atoms with Gasteiger partial charge in [-0.3, -0.25) is 0 Å². The van der Waals surface area contributed by atoms with Gasteiger partial charge in [-0.1, -0.05) is 31.5 Å². The van der Waals surface area contributed by atoms with Gasteiger partial charge in [0.25, 0.3) is 0 Å². The molecule has 1 aromatic carbocycles. The van der Waals surface area contributed by atoms with Crippen molar-refractivity contribution < 1.29 is 0 Å². The Labute approximate surface area is 80.2 Å². The smallest absolute Gasteiger partial charge is 0.0342 e. The predicted octanol–water partition coefficient (Wildman–Crippen LogP) is 3.29. The standard InChI is InChI=1S/C12H17N/c1-2-10-8-9-12(10)13-11-6-4-3-5-7-11/h3-7,10,12-13H,2,8-9H2,1H3. The number of rotatable bonds is 3. The van der Waals surface area contributed by atoms with Crippen LogP contribution in [0.5, 0.6) is 0 Å². The zero-order chi connectivity index (χ0) is 9.10. The maximum Gasteiger partial charge on any atom is 0.0342 e. The second-order valence-corrected chi connectivity index (χ2v) is 3.86. The molecule has 2 atom stereocenters. The van der Waals surface area contributed by atoms with Gasteiger partial charge in [-0.25, -0.2) is 0 Å². The van der Waals surface area contributed by atoms with Crippen LogP contribution in [0.25, 0.3) is 0 Å². The van der Waals surface area contributed by atoms with Gasteiger partial charge in [0.15, 0.2) is 0 Å². The van der Waals surface area contributed by atoms with E-state index in [1.165, 1.54) is 24.9 Å². The Kier molecular flexibility index (Phi) is 2.53. The minimum atomic E-state index is 0.729. The van der Waals surface area contributed by atoms with Crippen LogP contribution in [0.1, 0.15) is 26.2 Å². The minimum absolute atomic E-state index is 0.729. The molecular formula is C12H17N. The van der Waals surface area contributed by atoms with Gasteiger partial charge >= 0.3 is 0 Å². The van der Waals surface area contributed by atoms with Crippen LogP contribution in [-0.4, -0.2) is 6.04 Å². The van der Waals surface area contributed by atoms with Gasteiger partial charge in [-0.15, -0.1) is 0 Å². The molecule has 1 saturated carbocycles. The van der Waals surface area contributed by atoms with E-state index in [1.54, 1.807) is 0 Å². The van der Waals surface area contributed by atoms with E-state index in [2.05, 4.69) is 42.6 Å². The average Bonchev–Trinajstić information content (AvgIpc) is 2.15. The molecule has 1 aromatic rings. The maximum atomic E-state index is 3.58. The van der Waals surface area contributed by atoms with Crippen molar-refractivity contribution in [1.82, 2.24) is 0 Å². The van der Waals surface area contributed by atoms with E-state index >= 15 is 0 Å².